The van der Waals surface area contributed by atoms with Crippen LogP contribution in [0.2, 0.25) is 0 Å². The Hall–Kier alpha value is -1.88. The smallest absolute Gasteiger partial charge is 0.330 e. The van der Waals surface area contributed by atoms with Crippen molar-refractivity contribution in [2.75, 3.05) is 13.1 Å². The molecule has 5 heteroatoms. The summed E-state index contributed by atoms with van der Waals surface area (Å²) in [6, 6.07) is 9.94. The van der Waals surface area contributed by atoms with Crippen molar-refractivity contribution in [2.24, 2.45) is 0 Å². The van der Waals surface area contributed by atoms with Gasteiger partial charge in [0.15, 0.2) is 5.54 Å². The molecule has 1 aliphatic heterocycles. The quantitative estimate of drug-likeness (QED) is 0.868. The van der Waals surface area contributed by atoms with Gasteiger partial charge in [-0.3, -0.25) is 9.69 Å². The molecular weight excluding hydrogens is 256 g/mol. The predicted molar refractivity (Wildman–Crippen MR) is 75.1 cm³/mol. The second kappa shape index (κ2) is 6.05. The van der Waals surface area contributed by atoms with Crippen LogP contribution in [0.1, 0.15) is 25.3 Å². The van der Waals surface area contributed by atoms with Crippen LogP contribution in [0, 0.1) is 0 Å². The number of carboxylic acid groups (broad SMARTS) is 1. The van der Waals surface area contributed by atoms with Crippen LogP contribution in [0.15, 0.2) is 30.3 Å². The minimum Gasteiger partial charge on any atom is -0.479 e. The molecule has 2 N–H and O–H groups in total. The van der Waals surface area contributed by atoms with Crippen LogP contribution in [-0.4, -0.2) is 40.5 Å². The fraction of sp³-hybridized carbons (Fsp3) is 0.467. The van der Waals surface area contributed by atoms with Gasteiger partial charge in [0.1, 0.15) is 0 Å². The van der Waals surface area contributed by atoms with Crippen molar-refractivity contribution in [1.29, 1.82) is 0 Å². The Labute approximate surface area is 118 Å². The summed E-state index contributed by atoms with van der Waals surface area (Å²) in [5.74, 6) is -1.25. The summed E-state index contributed by atoms with van der Waals surface area (Å²) in [6.45, 7) is 3.26. The SMILES string of the molecule is CC(=O)NC1(C(=O)O)CCCN(Cc2ccccc2)C1. The van der Waals surface area contributed by atoms with E-state index in [1.807, 2.05) is 30.3 Å². The highest BCUT2D eigenvalue weighted by Crippen LogP contribution is 2.23. The highest BCUT2D eigenvalue weighted by molar-refractivity contribution is 5.86. The molecule has 20 heavy (non-hydrogen) atoms. The highest BCUT2D eigenvalue weighted by atomic mass is 16.4. The van der Waals surface area contributed by atoms with Crippen molar-refractivity contribution in [3.63, 3.8) is 0 Å². The molecule has 5 nitrogen and oxygen atoms in total. The van der Waals surface area contributed by atoms with Crippen LogP contribution < -0.4 is 5.32 Å². The first kappa shape index (κ1) is 14.5. The maximum Gasteiger partial charge on any atom is 0.330 e. The Bertz CT molecular complexity index is 489. The van der Waals surface area contributed by atoms with Crippen molar-refractivity contribution in [3.05, 3.63) is 35.9 Å². The van der Waals surface area contributed by atoms with E-state index in [1.54, 1.807) is 0 Å². The molecule has 1 fully saturated rings. The molecule has 1 heterocycles. The normalized spacial score (nSPS) is 23.2. The summed E-state index contributed by atoms with van der Waals surface area (Å²) < 4.78 is 0. The molecule has 1 aliphatic rings. The zero-order valence-electron chi connectivity index (χ0n) is 11.6. The summed E-state index contributed by atoms with van der Waals surface area (Å²) in [5, 5.41) is 12.1. The zero-order valence-corrected chi connectivity index (χ0v) is 11.6. The number of benzene rings is 1. The number of piperidine rings is 1. The molecule has 1 amide bonds. The molecule has 108 valence electrons. The van der Waals surface area contributed by atoms with Crippen LogP contribution in [0.25, 0.3) is 0 Å². The maximum absolute atomic E-state index is 11.6. The average molecular weight is 276 g/mol. The van der Waals surface area contributed by atoms with Gasteiger partial charge < -0.3 is 10.4 Å². The second-order valence-electron chi connectivity index (χ2n) is 5.37. The van der Waals surface area contributed by atoms with E-state index in [0.717, 1.165) is 18.5 Å². The molecule has 0 aliphatic carbocycles. The van der Waals surface area contributed by atoms with Crippen LogP contribution in [0.4, 0.5) is 0 Å². The second-order valence-corrected chi connectivity index (χ2v) is 5.37. The number of amides is 1. The van der Waals surface area contributed by atoms with Gasteiger partial charge in [0, 0.05) is 20.0 Å². The first-order valence-electron chi connectivity index (χ1n) is 6.80. The van der Waals surface area contributed by atoms with Crippen molar-refractivity contribution in [2.45, 2.75) is 31.8 Å². The number of nitrogens with one attached hydrogen (secondary N) is 1. The van der Waals surface area contributed by atoms with Gasteiger partial charge in [-0.2, -0.15) is 0 Å². The summed E-state index contributed by atoms with van der Waals surface area (Å²) in [7, 11) is 0. The van der Waals surface area contributed by atoms with Gasteiger partial charge in [0.25, 0.3) is 0 Å². The summed E-state index contributed by atoms with van der Waals surface area (Å²) in [4.78, 5) is 24.9. The number of likely N-dealkylation sites (tertiary alicyclic amines) is 1. The number of carboxylic acids is 1. The third-order valence-corrected chi connectivity index (χ3v) is 3.65. The fourth-order valence-corrected chi connectivity index (χ4v) is 2.79. The highest BCUT2D eigenvalue weighted by Gasteiger charge is 2.43. The minimum absolute atomic E-state index is 0.297. The van der Waals surface area contributed by atoms with Gasteiger partial charge in [-0.1, -0.05) is 30.3 Å². The first-order valence-corrected chi connectivity index (χ1v) is 6.80. The number of hydrogen-bond donors (Lipinski definition) is 2. The third-order valence-electron chi connectivity index (χ3n) is 3.65. The molecule has 0 radical (unpaired) electrons. The molecule has 1 aromatic carbocycles. The summed E-state index contributed by atoms with van der Waals surface area (Å²) >= 11 is 0. The predicted octanol–water partition coefficient (Wildman–Crippen LogP) is 1.24. The summed E-state index contributed by atoms with van der Waals surface area (Å²) in [5.41, 5.74) is -0.00436. The van der Waals surface area contributed by atoms with E-state index in [1.165, 1.54) is 6.92 Å². The largest absolute Gasteiger partial charge is 0.479 e. The number of carbonyl (C=O) groups is 2. The monoisotopic (exact) mass is 276 g/mol. The fourth-order valence-electron chi connectivity index (χ4n) is 2.79. The molecule has 0 saturated carbocycles. The standard InChI is InChI=1S/C15H20N2O3/c1-12(18)16-15(14(19)20)8-5-9-17(11-15)10-13-6-3-2-4-7-13/h2-4,6-7H,5,8-11H2,1H3,(H,16,18)(H,19,20). The first-order chi connectivity index (χ1) is 9.52. The van der Waals surface area contributed by atoms with Crippen LogP contribution in [0.3, 0.4) is 0 Å². The van der Waals surface area contributed by atoms with Gasteiger partial charge in [0.2, 0.25) is 5.91 Å². The summed E-state index contributed by atoms with van der Waals surface area (Å²) in [6.07, 6.45) is 1.24. The Kier molecular flexibility index (Phi) is 4.39. The molecular formula is C15H20N2O3. The maximum atomic E-state index is 11.6. The molecule has 1 saturated heterocycles. The third kappa shape index (κ3) is 3.36. The lowest BCUT2D eigenvalue weighted by Gasteiger charge is -2.40. The zero-order chi connectivity index (χ0) is 14.6. The molecule has 1 atom stereocenters. The number of hydrogen-bond acceptors (Lipinski definition) is 3. The van der Waals surface area contributed by atoms with Crippen molar-refractivity contribution in [1.82, 2.24) is 10.2 Å². The molecule has 2 rings (SSSR count). The van der Waals surface area contributed by atoms with Crippen molar-refractivity contribution in [3.8, 4) is 0 Å². The van der Waals surface area contributed by atoms with Gasteiger partial charge in [-0.25, -0.2) is 4.79 Å². The van der Waals surface area contributed by atoms with E-state index in [4.69, 9.17) is 0 Å². The van der Waals surface area contributed by atoms with E-state index in [0.29, 0.717) is 19.5 Å². The Morgan fingerprint density at radius 1 is 1.35 bits per heavy atom. The van der Waals surface area contributed by atoms with Crippen LogP contribution >= 0.6 is 0 Å². The lowest BCUT2D eigenvalue weighted by molar-refractivity contribution is -0.150. The van der Waals surface area contributed by atoms with Crippen molar-refractivity contribution >= 4 is 11.9 Å². The van der Waals surface area contributed by atoms with Gasteiger partial charge in [0.05, 0.1) is 0 Å². The van der Waals surface area contributed by atoms with Crippen LogP contribution in [0.5, 0.6) is 0 Å². The Balaban J connectivity index is 2.09. The van der Waals surface area contributed by atoms with E-state index < -0.39 is 11.5 Å². The minimum atomic E-state index is -1.15. The topological polar surface area (TPSA) is 69.6 Å². The molecule has 0 spiro atoms. The number of aliphatic carboxylic acids is 1. The number of carbonyl (C=O) groups excluding carboxylic acids is 1. The molecule has 1 aromatic rings. The molecule has 0 aromatic heterocycles. The van der Waals surface area contributed by atoms with E-state index >= 15 is 0 Å². The van der Waals surface area contributed by atoms with E-state index in [2.05, 4.69) is 10.2 Å². The van der Waals surface area contributed by atoms with E-state index in [9.17, 15) is 14.7 Å². The molecule has 1 unspecified atom stereocenters. The average Bonchev–Trinajstić information content (AvgIpc) is 2.39. The Morgan fingerprint density at radius 3 is 2.65 bits per heavy atom. The van der Waals surface area contributed by atoms with Gasteiger partial charge >= 0.3 is 5.97 Å². The van der Waals surface area contributed by atoms with Gasteiger partial charge in [-0.05, 0) is 24.9 Å². The Morgan fingerprint density at radius 2 is 2.05 bits per heavy atom. The number of rotatable bonds is 4. The van der Waals surface area contributed by atoms with Crippen LogP contribution in [-0.2, 0) is 16.1 Å². The lowest BCUT2D eigenvalue weighted by Crippen LogP contribution is -2.62. The van der Waals surface area contributed by atoms with Crippen molar-refractivity contribution < 1.29 is 14.7 Å². The lowest BCUT2D eigenvalue weighted by atomic mass is 9.88. The number of nitrogens with zero attached hydrogens (tertiary/aromatic N) is 1. The van der Waals surface area contributed by atoms with Gasteiger partial charge in [-0.15, -0.1) is 0 Å². The van der Waals surface area contributed by atoms with E-state index in [-0.39, 0.29) is 5.91 Å². The molecule has 0 bridgehead atoms.